The van der Waals surface area contributed by atoms with Crippen LogP contribution in [0, 0.1) is 6.92 Å². The molecule has 0 fully saturated rings. The number of fused-ring (bicyclic) bond motifs is 3. The first kappa shape index (κ1) is 20.7. The highest BCUT2D eigenvalue weighted by atomic mass is 15.2. The largest absolute Gasteiger partial charge is 0.366 e. The van der Waals surface area contributed by atoms with E-state index in [4.69, 9.17) is 4.98 Å². The molecule has 0 N–H and O–H groups in total. The van der Waals surface area contributed by atoms with Crippen LogP contribution >= 0.6 is 0 Å². The van der Waals surface area contributed by atoms with Gasteiger partial charge in [-0.15, -0.1) is 0 Å². The van der Waals surface area contributed by atoms with E-state index in [0.29, 0.717) is 6.04 Å². The molecule has 6 rings (SSSR count). The molecule has 0 radical (unpaired) electrons. The molecule has 4 aromatic rings. The van der Waals surface area contributed by atoms with Crippen LogP contribution in [0.3, 0.4) is 0 Å². The van der Waals surface area contributed by atoms with Crippen LogP contribution in [-0.4, -0.2) is 16.4 Å². The molecule has 0 saturated carbocycles. The SMILES string of the molecule is Cc1ccnc(-c2cc(-c3ccccc3)ccc2[C@]2(C)CN3C=CC=CC3c3ccccc32)c1. The first-order valence-electron chi connectivity index (χ1n) is 12.0. The van der Waals surface area contributed by atoms with E-state index in [1.165, 1.54) is 38.9 Å². The molecule has 0 bridgehead atoms. The van der Waals surface area contributed by atoms with E-state index in [1.807, 2.05) is 6.20 Å². The number of pyridine rings is 1. The molecule has 2 atom stereocenters. The molecule has 2 nitrogen and oxygen atoms in total. The number of aromatic nitrogens is 1. The Labute approximate surface area is 201 Å². The van der Waals surface area contributed by atoms with Crippen LogP contribution in [0.4, 0.5) is 0 Å². The summed E-state index contributed by atoms with van der Waals surface area (Å²) in [6, 6.07) is 31.1. The average molecular weight is 441 g/mol. The lowest BCUT2D eigenvalue weighted by Gasteiger charge is -2.47. The molecular weight excluding hydrogens is 412 g/mol. The van der Waals surface area contributed by atoms with Crippen molar-refractivity contribution < 1.29 is 0 Å². The summed E-state index contributed by atoms with van der Waals surface area (Å²) in [7, 11) is 0. The van der Waals surface area contributed by atoms with Gasteiger partial charge in [-0.1, -0.05) is 78.9 Å². The van der Waals surface area contributed by atoms with Crippen LogP contribution in [0.25, 0.3) is 22.4 Å². The molecular formula is C32H28N2. The summed E-state index contributed by atoms with van der Waals surface area (Å²) in [5, 5.41) is 0. The monoisotopic (exact) mass is 440 g/mol. The second-order valence-corrected chi connectivity index (χ2v) is 9.61. The Hall–Kier alpha value is -3.91. The maximum atomic E-state index is 4.83. The number of rotatable bonds is 3. The van der Waals surface area contributed by atoms with Crippen molar-refractivity contribution in [2.24, 2.45) is 0 Å². The summed E-state index contributed by atoms with van der Waals surface area (Å²) in [4.78, 5) is 7.30. The molecule has 3 aromatic carbocycles. The Morgan fingerprint density at radius 2 is 1.65 bits per heavy atom. The predicted molar refractivity (Wildman–Crippen MR) is 140 cm³/mol. The van der Waals surface area contributed by atoms with E-state index in [-0.39, 0.29) is 5.41 Å². The van der Waals surface area contributed by atoms with Gasteiger partial charge in [0, 0.05) is 23.7 Å². The van der Waals surface area contributed by atoms with Gasteiger partial charge in [-0.25, -0.2) is 0 Å². The minimum absolute atomic E-state index is 0.182. The Morgan fingerprint density at radius 3 is 2.50 bits per heavy atom. The summed E-state index contributed by atoms with van der Waals surface area (Å²) < 4.78 is 0. The fourth-order valence-electron chi connectivity index (χ4n) is 5.64. The molecule has 0 saturated heterocycles. The molecule has 1 aromatic heterocycles. The lowest BCUT2D eigenvalue weighted by Crippen LogP contribution is -2.45. The van der Waals surface area contributed by atoms with Gasteiger partial charge in [0.15, 0.2) is 0 Å². The van der Waals surface area contributed by atoms with Crippen molar-refractivity contribution in [2.45, 2.75) is 25.3 Å². The Morgan fingerprint density at radius 1 is 0.824 bits per heavy atom. The normalized spacial score (nSPS) is 20.6. The minimum atomic E-state index is -0.182. The third-order valence-corrected chi connectivity index (χ3v) is 7.32. The van der Waals surface area contributed by atoms with Crippen molar-refractivity contribution in [1.29, 1.82) is 0 Å². The third kappa shape index (κ3) is 3.38. The molecule has 0 amide bonds. The number of hydrogen-bond acceptors (Lipinski definition) is 2. The van der Waals surface area contributed by atoms with Gasteiger partial charge in [-0.2, -0.15) is 0 Å². The number of hydrogen-bond donors (Lipinski definition) is 0. The van der Waals surface area contributed by atoms with Crippen molar-refractivity contribution in [3.8, 4) is 22.4 Å². The topological polar surface area (TPSA) is 16.1 Å². The van der Waals surface area contributed by atoms with Gasteiger partial charge in [0.1, 0.15) is 0 Å². The summed E-state index contributed by atoms with van der Waals surface area (Å²) in [5.41, 5.74) is 9.82. The van der Waals surface area contributed by atoms with E-state index in [2.05, 4.69) is 128 Å². The van der Waals surface area contributed by atoms with Gasteiger partial charge in [0.25, 0.3) is 0 Å². The Bertz CT molecular complexity index is 1420. The molecule has 1 unspecified atom stereocenters. The molecule has 34 heavy (non-hydrogen) atoms. The Balaban J connectivity index is 1.59. The minimum Gasteiger partial charge on any atom is -0.366 e. The second kappa shape index (κ2) is 8.14. The molecule has 2 heteroatoms. The zero-order chi connectivity index (χ0) is 23.1. The van der Waals surface area contributed by atoms with E-state index >= 15 is 0 Å². The molecule has 3 heterocycles. The van der Waals surface area contributed by atoms with Crippen LogP contribution in [0.2, 0.25) is 0 Å². The van der Waals surface area contributed by atoms with E-state index in [0.717, 1.165) is 12.2 Å². The lowest BCUT2D eigenvalue weighted by atomic mass is 9.68. The first-order chi connectivity index (χ1) is 16.6. The van der Waals surface area contributed by atoms with Gasteiger partial charge >= 0.3 is 0 Å². The van der Waals surface area contributed by atoms with Gasteiger partial charge < -0.3 is 4.90 Å². The highest BCUT2D eigenvalue weighted by Crippen LogP contribution is 2.48. The maximum absolute atomic E-state index is 4.83. The molecule has 0 aliphatic carbocycles. The van der Waals surface area contributed by atoms with E-state index < -0.39 is 0 Å². The Kier molecular flexibility index (Phi) is 4.95. The summed E-state index contributed by atoms with van der Waals surface area (Å²) in [6.07, 6.45) is 10.8. The molecule has 166 valence electrons. The highest BCUT2D eigenvalue weighted by molar-refractivity contribution is 5.76. The summed E-state index contributed by atoms with van der Waals surface area (Å²) in [5.74, 6) is 0. The summed E-state index contributed by atoms with van der Waals surface area (Å²) >= 11 is 0. The molecule has 2 aliphatic rings. The van der Waals surface area contributed by atoms with Crippen molar-refractivity contribution in [2.75, 3.05) is 6.54 Å². The van der Waals surface area contributed by atoms with Gasteiger partial charge in [0.2, 0.25) is 0 Å². The van der Waals surface area contributed by atoms with Gasteiger partial charge in [0.05, 0.1) is 11.7 Å². The van der Waals surface area contributed by atoms with Crippen molar-refractivity contribution >= 4 is 0 Å². The number of nitrogens with zero attached hydrogens (tertiary/aromatic N) is 2. The zero-order valence-electron chi connectivity index (χ0n) is 19.6. The van der Waals surface area contributed by atoms with Crippen molar-refractivity contribution in [3.05, 3.63) is 138 Å². The molecule has 2 aliphatic heterocycles. The second-order valence-electron chi connectivity index (χ2n) is 9.61. The third-order valence-electron chi connectivity index (χ3n) is 7.32. The van der Waals surface area contributed by atoms with E-state index in [9.17, 15) is 0 Å². The van der Waals surface area contributed by atoms with Gasteiger partial charge in [-0.3, -0.25) is 4.98 Å². The smallest absolute Gasteiger partial charge is 0.0727 e. The van der Waals surface area contributed by atoms with Crippen LogP contribution in [0.1, 0.15) is 35.2 Å². The van der Waals surface area contributed by atoms with Crippen LogP contribution < -0.4 is 0 Å². The van der Waals surface area contributed by atoms with E-state index in [1.54, 1.807) is 0 Å². The summed E-state index contributed by atoms with van der Waals surface area (Å²) in [6.45, 7) is 5.45. The van der Waals surface area contributed by atoms with Gasteiger partial charge in [-0.05, 0) is 77.7 Å². The van der Waals surface area contributed by atoms with Crippen molar-refractivity contribution in [3.63, 3.8) is 0 Å². The number of aryl methyl sites for hydroxylation is 1. The quantitative estimate of drug-likeness (QED) is 0.328. The maximum Gasteiger partial charge on any atom is 0.0727 e. The fraction of sp³-hybridized carbons (Fsp3) is 0.156. The van der Waals surface area contributed by atoms with Crippen LogP contribution in [-0.2, 0) is 5.41 Å². The standard InChI is InChI=1S/C32H28N2/c1-23-17-18-33-30(20-23)27-21-25(24-10-4-3-5-11-24)15-16-29(27)32(2)22-34-19-9-8-14-31(34)26-12-6-7-13-28(26)32/h3-21,31H,22H2,1-2H3/t31?,32-/m1/s1. The fourth-order valence-corrected chi connectivity index (χ4v) is 5.64. The lowest BCUT2D eigenvalue weighted by molar-refractivity contribution is 0.243. The number of benzene rings is 3. The highest BCUT2D eigenvalue weighted by Gasteiger charge is 2.41. The predicted octanol–water partition coefficient (Wildman–Crippen LogP) is 7.47. The molecule has 0 spiro atoms. The van der Waals surface area contributed by atoms with Crippen LogP contribution in [0.15, 0.2) is 116 Å². The first-order valence-corrected chi connectivity index (χ1v) is 12.0. The van der Waals surface area contributed by atoms with Crippen LogP contribution in [0.5, 0.6) is 0 Å². The average Bonchev–Trinajstić information content (AvgIpc) is 2.89. The number of allylic oxidation sites excluding steroid dienone is 2. The van der Waals surface area contributed by atoms with Crippen molar-refractivity contribution in [1.82, 2.24) is 9.88 Å². The zero-order valence-corrected chi connectivity index (χ0v) is 19.6.